The predicted molar refractivity (Wildman–Crippen MR) is 134 cm³/mol. The van der Waals surface area contributed by atoms with Gasteiger partial charge in [-0.1, -0.05) is 43.7 Å². The zero-order valence-electron chi connectivity index (χ0n) is 21.1. The van der Waals surface area contributed by atoms with Crippen molar-refractivity contribution in [2.75, 3.05) is 11.9 Å². The summed E-state index contributed by atoms with van der Waals surface area (Å²) >= 11 is 0. The summed E-state index contributed by atoms with van der Waals surface area (Å²) in [5.74, 6) is -0.0980. The van der Waals surface area contributed by atoms with Crippen molar-refractivity contribution in [3.05, 3.63) is 58.7 Å². The summed E-state index contributed by atoms with van der Waals surface area (Å²) in [6.07, 6.45) is 1.29. The van der Waals surface area contributed by atoms with Gasteiger partial charge in [-0.2, -0.15) is 0 Å². The van der Waals surface area contributed by atoms with E-state index in [1.54, 1.807) is 0 Å². The van der Waals surface area contributed by atoms with Crippen molar-refractivity contribution in [3.63, 3.8) is 0 Å². The lowest BCUT2D eigenvalue weighted by Crippen LogP contribution is -2.47. The van der Waals surface area contributed by atoms with Crippen LogP contribution in [0.25, 0.3) is 0 Å². The minimum absolute atomic E-state index is 0.0220. The Kier molecular flexibility index (Phi) is 9.66. The summed E-state index contributed by atoms with van der Waals surface area (Å²) in [7, 11) is 0. The SMILES string of the molecule is Cc1ccc(NC(=O)CCC(=O)NNC(=O)C(C)(C)CCCOc2cc(C)ccc2C)c(C)c1. The zero-order chi connectivity index (χ0) is 25.3. The molecule has 3 N–H and O–H groups in total. The number of hydrazine groups is 1. The molecule has 0 saturated carbocycles. The van der Waals surface area contributed by atoms with E-state index in [0.717, 1.165) is 33.7 Å². The number of carbonyl (C=O) groups excluding carboxylic acids is 3. The highest BCUT2D eigenvalue weighted by molar-refractivity contribution is 5.94. The molecule has 7 nitrogen and oxygen atoms in total. The van der Waals surface area contributed by atoms with Crippen LogP contribution in [-0.2, 0) is 14.4 Å². The molecule has 0 heterocycles. The van der Waals surface area contributed by atoms with Gasteiger partial charge in [-0.15, -0.1) is 0 Å². The normalized spacial score (nSPS) is 11.0. The summed E-state index contributed by atoms with van der Waals surface area (Å²) in [5.41, 5.74) is 9.22. The third kappa shape index (κ3) is 8.54. The van der Waals surface area contributed by atoms with Crippen molar-refractivity contribution in [2.24, 2.45) is 5.41 Å². The molecule has 7 heteroatoms. The standard InChI is InChI=1S/C27H37N3O4/c1-18-9-11-22(21(4)16-18)28-24(31)12-13-25(32)29-30-26(33)27(5,6)14-7-15-34-23-17-19(2)8-10-20(23)3/h8-11,16-17H,7,12-15H2,1-6H3,(H,28,31)(H,29,32)(H,30,33). The van der Waals surface area contributed by atoms with Crippen LogP contribution in [0.4, 0.5) is 5.69 Å². The van der Waals surface area contributed by atoms with Crippen LogP contribution in [0, 0.1) is 33.1 Å². The van der Waals surface area contributed by atoms with Gasteiger partial charge in [-0.3, -0.25) is 25.2 Å². The number of hydrogen-bond acceptors (Lipinski definition) is 4. The Morgan fingerprint density at radius 2 is 1.47 bits per heavy atom. The van der Waals surface area contributed by atoms with Crippen LogP contribution < -0.4 is 20.9 Å². The average Bonchev–Trinajstić information content (AvgIpc) is 2.77. The van der Waals surface area contributed by atoms with Crippen LogP contribution >= 0.6 is 0 Å². The van der Waals surface area contributed by atoms with Crippen LogP contribution in [0.3, 0.4) is 0 Å². The van der Waals surface area contributed by atoms with E-state index in [1.807, 2.05) is 77.9 Å². The third-order valence-electron chi connectivity index (χ3n) is 5.71. The second-order valence-electron chi connectivity index (χ2n) is 9.47. The fourth-order valence-electron chi connectivity index (χ4n) is 3.42. The number of amides is 3. The number of hydrogen-bond donors (Lipinski definition) is 3. The number of benzene rings is 2. The first-order chi connectivity index (χ1) is 16.0. The molecule has 0 bridgehead atoms. The first-order valence-corrected chi connectivity index (χ1v) is 11.6. The Hall–Kier alpha value is -3.35. The summed E-state index contributed by atoms with van der Waals surface area (Å²) in [4.78, 5) is 36.8. The third-order valence-corrected chi connectivity index (χ3v) is 5.71. The van der Waals surface area contributed by atoms with Gasteiger partial charge < -0.3 is 10.1 Å². The molecule has 0 atom stereocenters. The minimum atomic E-state index is -0.682. The van der Waals surface area contributed by atoms with Crippen LogP contribution in [0.5, 0.6) is 5.75 Å². The molecule has 3 amide bonds. The lowest BCUT2D eigenvalue weighted by Gasteiger charge is -2.23. The number of nitrogens with one attached hydrogen (secondary N) is 3. The van der Waals surface area contributed by atoms with Crippen molar-refractivity contribution in [2.45, 2.75) is 67.2 Å². The van der Waals surface area contributed by atoms with E-state index >= 15 is 0 Å². The van der Waals surface area contributed by atoms with Crippen molar-refractivity contribution in [3.8, 4) is 5.75 Å². The Balaban J connectivity index is 1.69. The van der Waals surface area contributed by atoms with Gasteiger partial charge in [0.25, 0.3) is 0 Å². The summed E-state index contributed by atoms with van der Waals surface area (Å²) in [5, 5.41) is 2.81. The molecule has 2 aromatic carbocycles. The molecule has 0 unspecified atom stereocenters. The summed E-state index contributed by atoms with van der Waals surface area (Å²) in [6, 6.07) is 11.8. The van der Waals surface area contributed by atoms with Crippen molar-refractivity contribution in [1.29, 1.82) is 0 Å². The van der Waals surface area contributed by atoms with Gasteiger partial charge in [0, 0.05) is 23.9 Å². The first kappa shape index (κ1) is 26.9. The fourth-order valence-corrected chi connectivity index (χ4v) is 3.42. The first-order valence-electron chi connectivity index (χ1n) is 11.6. The molecule has 34 heavy (non-hydrogen) atoms. The highest BCUT2D eigenvalue weighted by Gasteiger charge is 2.27. The molecular weight excluding hydrogens is 430 g/mol. The second-order valence-corrected chi connectivity index (χ2v) is 9.47. The Morgan fingerprint density at radius 3 is 2.18 bits per heavy atom. The van der Waals surface area contributed by atoms with Gasteiger partial charge in [-0.25, -0.2) is 0 Å². The highest BCUT2D eigenvalue weighted by Crippen LogP contribution is 2.24. The number of ether oxygens (including phenoxy) is 1. The maximum absolute atomic E-state index is 12.5. The van der Waals surface area contributed by atoms with Crippen molar-refractivity contribution in [1.82, 2.24) is 10.9 Å². The maximum atomic E-state index is 12.5. The molecule has 0 aliphatic heterocycles. The second kappa shape index (κ2) is 12.2. The van der Waals surface area contributed by atoms with E-state index in [0.29, 0.717) is 19.4 Å². The topological polar surface area (TPSA) is 96.5 Å². The molecule has 0 aliphatic rings. The summed E-state index contributed by atoms with van der Waals surface area (Å²) in [6.45, 7) is 12.1. The van der Waals surface area contributed by atoms with E-state index in [9.17, 15) is 14.4 Å². The van der Waals surface area contributed by atoms with E-state index in [4.69, 9.17) is 4.74 Å². The van der Waals surface area contributed by atoms with Crippen molar-refractivity contribution >= 4 is 23.4 Å². The lowest BCUT2D eigenvalue weighted by atomic mass is 9.87. The number of aryl methyl sites for hydroxylation is 4. The fraction of sp³-hybridized carbons (Fsp3) is 0.444. The van der Waals surface area contributed by atoms with Gasteiger partial charge in [0.05, 0.1) is 6.61 Å². The smallest absolute Gasteiger partial charge is 0.244 e. The lowest BCUT2D eigenvalue weighted by molar-refractivity contribution is -0.134. The van der Waals surface area contributed by atoms with Crippen LogP contribution in [0.2, 0.25) is 0 Å². The molecule has 2 rings (SSSR count). The van der Waals surface area contributed by atoms with Gasteiger partial charge in [0.1, 0.15) is 5.75 Å². The zero-order valence-corrected chi connectivity index (χ0v) is 21.1. The van der Waals surface area contributed by atoms with Crippen molar-refractivity contribution < 1.29 is 19.1 Å². The molecule has 0 saturated heterocycles. The van der Waals surface area contributed by atoms with Crippen LogP contribution in [0.1, 0.15) is 61.8 Å². The predicted octanol–water partition coefficient (Wildman–Crippen LogP) is 4.67. The minimum Gasteiger partial charge on any atom is -0.493 e. The van der Waals surface area contributed by atoms with Gasteiger partial charge >= 0.3 is 0 Å². The Morgan fingerprint density at radius 1 is 0.824 bits per heavy atom. The van der Waals surface area contributed by atoms with E-state index in [-0.39, 0.29) is 24.7 Å². The molecule has 0 spiro atoms. The monoisotopic (exact) mass is 467 g/mol. The molecule has 0 aliphatic carbocycles. The molecule has 0 aromatic heterocycles. The van der Waals surface area contributed by atoms with Crippen LogP contribution in [0.15, 0.2) is 36.4 Å². The molecule has 0 radical (unpaired) electrons. The highest BCUT2D eigenvalue weighted by atomic mass is 16.5. The molecular formula is C27H37N3O4. The Labute approximate surface area is 202 Å². The number of carbonyl (C=O) groups is 3. The number of anilines is 1. The maximum Gasteiger partial charge on any atom is 0.244 e. The van der Waals surface area contributed by atoms with Gasteiger partial charge in [-0.05, 0) is 69.4 Å². The van der Waals surface area contributed by atoms with E-state index in [1.165, 1.54) is 0 Å². The largest absolute Gasteiger partial charge is 0.493 e. The van der Waals surface area contributed by atoms with E-state index < -0.39 is 11.3 Å². The summed E-state index contributed by atoms with van der Waals surface area (Å²) < 4.78 is 5.86. The Bertz CT molecular complexity index is 1030. The molecule has 0 fully saturated rings. The number of rotatable bonds is 10. The average molecular weight is 468 g/mol. The van der Waals surface area contributed by atoms with Gasteiger partial charge in [0.2, 0.25) is 17.7 Å². The molecule has 2 aromatic rings. The molecule has 184 valence electrons. The van der Waals surface area contributed by atoms with Crippen LogP contribution in [-0.4, -0.2) is 24.3 Å². The van der Waals surface area contributed by atoms with E-state index in [2.05, 4.69) is 16.2 Å². The quantitative estimate of drug-likeness (QED) is 0.349. The van der Waals surface area contributed by atoms with Gasteiger partial charge in [0.15, 0.2) is 0 Å².